The molecule has 16 heavy (non-hydrogen) atoms. The van der Waals surface area contributed by atoms with Gasteiger partial charge in [-0.3, -0.25) is 0 Å². The summed E-state index contributed by atoms with van der Waals surface area (Å²) in [6.07, 6.45) is 0.588. The van der Waals surface area contributed by atoms with Crippen molar-refractivity contribution in [1.82, 2.24) is 0 Å². The monoisotopic (exact) mass is 281 g/mol. The summed E-state index contributed by atoms with van der Waals surface area (Å²) in [5, 5.41) is 10.4. The Morgan fingerprint density at radius 3 is 2.56 bits per heavy atom. The number of phenols is 1. The summed E-state index contributed by atoms with van der Waals surface area (Å²) in [6, 6.07) is 2.77. The Hall–Kier alpha value is -0.410. The number of phenolic OH excluding ortho intramolecular Hbond substituents is 1. The lowest BCUT2D eigenvalue weighted by molar-refractivity contribution is 0.461. The summed E-state index contributed by atoms with van der Waals surface area (Å²) in [6.45, 7) is 5.65. The smallest absolute Gasteiger partial charge is 0.139 e. The highest BCUT2D eigenvalue weighted by molar-refractivity contribution is 6.35. The maximum atomic E-state index is 9.71. The molecule has 0 heterocycles. The van der Waals surface area contributed by atoms with Crippen LogP contribution in [0.25, 0.3) is 0 Å². The van der Waals surface area contributed by atoms with Crippen LogP contribution in [0.2, 0.25) is 10.0 Å². The second-order valence-corrected chi connectivity index (χ2v) is 4.44. The van der Waals surface area contributed by atoms with Crippen LogP contribution in [0.1, 0.15) is 24.9 Å². The number of halogens is 3. The third-order valence-electron chi connectivity index (χ3n) is 2.03. The second kappa shape index (κ2) is 6.36. The van der Waals surface area contributed by atoms with Gasteiger partial charge in [-0.1, -0.05) is 28.8 Å². The summed E-state index contributed by atoms with van der Waals surface area (Å²) in [5.74, 6) is -0.00480. The van der Waals surface area contributed by atoms with Crippen LogP contribution in [0.4, 0.5) is 0 Å². The van der Waals surface area contributed by atoms with Crippen LogP contribution >= 0.6 is 35.6 Å². The molecule has 90 valence electrons. The normalized spacial score (nSPS) is 11.8. The van der Waals surface area contributed by atoms with Gasteiger partial charge in [0.2, 0.25) is 0 Å². The van der Waals surface area contributed by atoms with Gasteiger partial charge < -0.3 is 10.8 Å². The Kier molecular flexibility index (Phi) is 6.19. The topological polar surface area (TPSA) is 46.2 Å². The number of nitrogens with two attached hydrogens (primary N) is 1. The largest absolute Gasteiger partial charge is 0.506 e. The highest BCUT2D eigenvalue weighted by atomic mass is 35.5. The zero-order valence-electron chi connectivity index (χ0n) is 8.84. The highest BCUT2D eigenvalue weighted by Gasteiger charge is 2.14. The lowest BCUT2D eigenvalue weighted by Gasteiger charge is -2.14. The number of hydrogen-bond donors (Lipinski definition) is 2. The Morgan fingerprint density at radius 1 is 1.50 bits per heavy atom. The van der Waals surface area contributed by atoms with E-state index in [1.54, 1.807) is 6.07 Å². The van der Waals surface area contributed by atoms with E-state index >= 15 is 0 Å². The maximum absolute atomic E-state index is 9.71. The fourth-order valence-electron chi connectivity index (χ4n) is 1.35. The summed E-state index contributed by atoms with van der Waals surface area (Å²) in [5.41, 5.74) is 7.39. The molecule has 0 radical (unpaired) electrons. The zero-order chi connectivity index (χ0) is 11.6. The summed E-state index contributed by atoms with van der Waals surface area (Å²) >= 11 is 11.6. The van der Waals surface area contributed by atoms with Crippen molar-refractivity contribution in [2.24, 2.45) is 5.73 Å². The minimum Gasteiger partial charge on any atom is -0.506 e. The molecule has 0 spiro atoms. The molecule has 1 aromatic carbocycles. The molecule has 0 fully saturated rings. The molecule has 0 aliphatic rings. The molecule has 0 unspecified atom stereocenters. The van der Waals surface area contributed by atoms with Gasteiger partial charge in [-0.15, -0.1) is 19.0 Å². The number of rotatable bonds is 3. The van der Waals surface area contributed by atoms with E-state index in [-0.39, 0.29) is 29.2 Å². The van der Waals surface area contributed by atoms with Gasteiger partial charge in [-0.2, -0.15) is 0 Å². The van der Waals surface area contributed by atoms with Gasteiger partial charge in [-0.05, 0) is 25.5 Å². The van der Waals surface area contributed by atoms with Gasteiger partial charge in [0.05, 0.1) is 5.02 Å². The second-order valence-electron chi connectivity index (χ2n) is 3.59. The molecule has 3 N–H and O–H groups in total. The molecule has 1 atom stereocenters. The van der Waals surface area contributed by atoms with Crippen LogP contribution < -0.4 is 5.73 Å². The van der Waals surface area contributed by atoms with E-state index in [2.05, 4.69) is 6.58 Å². The minimum absolute atomic E-state index is 0. The number of benzene rings is 1. The molecule has 1 aromatic rings. The standard InChI is InChI=1S/C11H13Cl2NO.ClH/c1-6(2)3-10(14)8-4-7(12)5-9(13)11(8)15;/h4-5,10,15H,1,3,14H2,2H3;1H/t10-;/m0./s1. The Balaban J connectivity index is 0.00000225. The van der Waals surface area contributed by atoms with Crippen LogP contribution in [0.3, 0.4) is 0 Å². The quantitative estimate of drug-likeness (QED) is 0.820. The van der Waals surface area contributed by atoms with Crippen LogP contribution in [-0.2, 0) is 0 Å². The fraction of sp³-hybridized carbons (Fsp3) is 0.273. The Bertz CT molecular complexity index is 393. The first-order valence-corrected chi connectivity index (χ1v) is 5.25. The average molecular weight is 283 g/mol. The first kappa shape index (κ1) is 15.6. The maximum Gasteiger partial charge on any atom is 0.139 e. The van der Waals surface area contributed by atoms with E-state index in [9.17, 15) is 5.11 Å². The molecule has 2 nitrogen and oxygen atoms in total. The van der Waals surface area contributed by atoms with Crippen LogP contribution in [-0.4, -0.2) is 5.11 Å². The molecule has 0 amide bonds. The summed E-state index contributed by atoms with van der Waals surface area (Å²) in [4.78, 5) is 0. The van der Waals surface area contributed by atoms with Gasteiger partial charge >= 0.3 is 0 Å². The van der Waals surface area contributed by atoms with Crippen molar-refractivity contribution in [3.63, 3.8) is 0 Å². The highest BCUT2D eigenvalue weighted by Crippen LogP contribution is 2.35. The Labute approximate surface area is 111 Å². The first-order valence-electron chi connectivity index (χ1n) is 4.49. The van der Waals surface area contributed by atoms with Crippen LogP contribution in [0.15, 0.2) is 24.3 Å². The van der Waals surface area contributed by atoms with Gasteiger partial charge in [0.25, 0.3) is 0 Å². The summed E-state index contributed by atoms with van der Waals surface area (Å²) in [7, 11) is 0. The van der Waals surface area contributed by atoms with E-state index in [4.69, 9.17) is 28.9 Å². The third kappa shape index (κ3) is 3.87. The molecule has 0 saturated carbocycles. The molecule has 5 heteroatoms. The van der Waals surface area contributed by atoms with Crippen molar-refractivity contribution in [2.75, 3.05) is 0 Å². The van der Waals surface area contributed by atoms with Gasteiger partial charge in [0.15, 0.2) is 0 Å². The molecule has 0 bridgehead atoms. The predicted octanol–water partition coefficient (Wildman–Crippen LogP) is 4.09. The van der Waals surface area contributed by atoms with E-state index in [1.807, 2.05) is 6.92 Å². The zero-order valence-corrected chi connectivity index (χ0v) is 11.2. The molecular weight excluding hydrogens is 268 g/mol. The van der Waals surface area contributed by atoms with Crippen molar-refractivity contribution in [1.29, 1.82) is 0 Å². The van der Waals surface area contributed by atoms with E-state index in [0.717, 1.165) is 5.57 Å². The lowest BCUT2D eigenvalue weighted by Crippen LogP contribution is -2.10. The lowest BCUT2D eigenvalue weighted by atomic mass is 10.0. The van der Waals surface area contributed by atoms with Crippen molar-refractivity contribution in [3.05, 3.63) is 39.9 Å². The summed E-state index contributed by atoms with van der Waals surface area (Å²) < 4.78 is 0. The molecule has 0 aliphatic carbocycles. The first-order chi connectivity index (χ1) is 6.91. The molecule has 0 aliphatic heterocycles. The third-order valence-corrected chi connectivity index (χ3v) is 2.53. The SMILES string of the molecule is C=C(C)C[C@H](N)c1cc(Cl)cc(Cl)c1O.Cl. The van der Waals surface area contributed by atoms with Crippen LogP contribution in [0, 0.1) is 0 Å². The van der Waals surface area contributed by atoms with Crippen molar-refractivity contribution < 1.29 is 5.11 Å². The van der Waals surface area contributed by atoms with Crippen LogP contribution in [0.5, 0.6) is 5.75 Å². The molecule has 1 rings (SSSR count). The predicted molar refractivity (Wildman–Crippen MR) is 71.7 cm³/mol. The van der Waals surface area contributed by atoms with Gasteiger partial charge in [-0.25, -0.2) is 0 Å². The van der Waals surface area contributed by atoms with Crippen molar-refractivity contribution in [3.8, 4) is 5.75 Å². The van der Waals surface area contributed by atoms with E-state index in [1.165, 1.54) is 6.07 Å². The molecule has 0 aromatic heterocycles. The van der Waals surface area contributed by atoms with E-state index < -0.39 is 0 Å². The van der Waals surface area contributed by atoms with Gasteiger partial charge in [0.1, 0.15) is 5.75 Å². The van der Waals surface area contributed by atoms with Gasteiger partial charge in [0, 0.05) is 16.6 Å². The Morgan fingerprint density at radius 2 is 2.06 bits per heavy atom. The van der Waals surface area contributed by atoms with Crippen molar-refractivity contribution in [2.45, 2.75) is 19.4 Å². The molecular formula is C11H14Cl3NO. The number of aromatic hydroxyl groups is 1. The average Bonchev–Trinajstić information content (AvgIpc) is 2.09. The molecule has 0 saturated heterocycles. The van der Waals surface area contributed by atoms with Crippen molar-refractivity contribution >= 4 is 35.6 Å². The fourth-order valence-corrected chi connectivity index (χ4v) is 1.86. The minimum atomic E-state index is -0.335. The number of hydrogen-bond acceptors (Lipinski definition) is 2. The van der Waals surface area contributed by atoms with E-state index in [0.29, 0.717) is 17.0 Å².